The zero-order valence-corrected chi connectivity index (χ0v) is 13.3. The Labute approximate surface area is 124 Å². The number of hydrogen-bond acceptors (Lipinski definition) is 6. The normalized spacial score (nSPS) is 12.7. The van der Waals surface area contributed by atoms with Gasteiger partial charge in [0.2, 0.25) is 5.95 Å². The molecule has 0 fully saturated rings. The highest BCUT2D eigenvalue weighted by Crippen LogP contribution is 2.28. The van der Waals surface area contributed by atoms with Crippen molar-refractivity contribution < 1.29 is 5.11 Å². The molecule has 0 amide bonds. The first-order valence-electron chi connectivity index (χ1n) is 7.20. The Morgan fingerprint density at radius 3 is 2.57 bits per heavy atom. The molecule has 0 atom stereocenters. The number of H-pyrrole nitrogens is 1. The lowest BCUT2D eigenvalue weighted by atomic mass is 9.86. The van der Waals surface area contributed by atoms with Gasteiger partial charge in [-0.05, 0) is 34.1 Å². The zero-order chi connectivity index (χ0) is 15.7. The van der Waals surface area contributed by atoms with E-state index in [9.17, 15) is 5.11 Å². The van der Waals surface area contributed by atoms with Crippen molar-refractivity contribution in [3.05, 3.63) is 6.33 Å². The standard InChI is InChI=1S/C14H24N6O/c1-6-7-15-12-18-10-9(16-8-17-10)11(19-12)20-13(2,3)14(4,5)21/h8,21H,6-7H2,1-5H3,(H3,15,16,17,18,19,20). The summed E-state index contributed by atoms with van der Waals surface area (Å²) in [6, 6.07) is 0. The van der Waals surface area contributed by atoms with E-state index in [1.165, 1.54) is 0 Å². The summed E-state index contributed by atoms with van der Waals surface area (Å²) in [7, 11) is 0. The number of aromatic nitrogens is 4. The second kappa shape index (κ2) is 5.48. The third kappa shape index (κ3) is 3.24. The Morgan fingerprint density at radius 2 is 1.95 bits per heavy atom. The van der Waals surface area contributed by atoms with E-state index in [-0.39, 0.29) is 0 Å². The molecule has 0 aliphatic carbocycles. The number of fused-ring (bicyclic) bond motifs is 1. The predicted molar refractivity (Wildman–Crippen MR) is 84.5 cm³/mol. The van der Waals surface area contributed by atoms with Crippen LogP contribution in [0, 0.1) is 0 Å². The van der Waals surface area contributed by atoms with E-state index in [1.807, 2.05) is 13.8 Å². The number of anilines is 2. The molecule has 0 aliphatic rings. The molecule has 2 rings (SSSR count). The number of nitrogens with zero attached hydrogens (tertiary/aromatic N) is 3. The molecule has 0 bridgehead atoms. The average Bonchev–Trinajstić information content (AvgIpc) is 2.83. The van der Waals surface area contributed by atoms with Crippen LogP contribution in [0.2, 0.25) is 0 Å². The van der Waals surface area contributed by atoms with E-state index < -0.39 is 11.1 Å². The van der Waals surface area contributed by atoms with E-state index >= 15 is 0 Å². The fourth-order valence-corrected chi connectivity index (χ4v) is 1.69. The molecule has 2 heterocycles. The highest BCUT2D eigenvalue weighted by atomic mass is 16.3. The molecular formula is C14H24N6O. The van der Waals surface area contributed by atoms with Gasteiger partial charge < -0.3 is 20.7 Å². The third-order valence-electron chi connectivity index (χ3n) is 3.78. The lowest BCUT2D eigenvalue weighted by Crippen LogP contribution is -2.51. The Balaban J connectivity index is 2.39. The fourth-order valence-electron chi connectivity index (χ4n) is 1.69. The first-order chi connectivity index (χ1) is 9.74. The minimum atomic E-state index is -0.915. The number of nitrogens with one attached hydrogen (secondary N) is 3. The van der Waals surface area contributed by atoms with Crippen molar-refractivity contribution in [2.24, 2.45) is 0 Å². The van der Waals surface area contributed by atoms with E-state index in [0.717, 1.165) is 18.5 Å². The van der Waals surface area contributed by atoms with Crippen molar-refractivity contribution >= 4 is 22.9 Å². The molecule has 116 valence electrons. The molecule has 21 heavy (non-hydrogen) atoms. The molecular weight excluding hydrogens is 268 g/mol. The largest absolute Gasteiger partial charge is 0.388 e. The highest BCUT2D eigenvalue weighted by molar-refractivity contribution is 5.84. The van der Waals surface area contributed by atoms with E-state index in [1.54, 1.807) is 20.2 Å². The number of imidazole rings is 1. The van der Waals surface area contributed by atoms with Crippen LogP contribution in [0.4, 0.5) is 11.8 Å². The molecule has 4 N–H and O–H groups in total. The summed E-state index contributed by atoms with van der Waals surface area (Å²) in [4.78, 5) is 16.1. The quantitative estimate of drug-likeness (QED) is 0.651. The predicted octanol–water partition coefficient (Wildman–Crippen LogP) is 2.14. The van der Waals surface area contributed by atoms with Gasteiger partial charge in [-0.3, -0.25) is 0 Å². The monoisotopic (exact) mass is 292 g/mol. The summed E-state index contributed by atoms with van der Waals surface area (Å²) in [5.41, 5.74) is -0.157. The van der Waals surface area contributed by atoms with Gasteiger partial charge in [-0.25, -0.2) is 4.98 Å². The highest BCUT2D eigenvalue weighted by Gasteiger charge is 2.35. The van der Waals surface area contributed by atoms with Crippen molar-refractivity contribution in [3.63, 3.8) is 0 Å². The minimum Gasteiger partial charge on any atom is -0.388 e. The molecule has 7 heteroatoms. The molecule has 2 aromatic heterocycles. The maximum absolute atomic E-state index is 10.3. The van der Waals surface area contributed by atoms with E-state index in [2.05, 4.69) is 37.5 Å². The lowest BCUT2D eigenvalue weighted by molar-refractivity contribution is 0.0239. The van der Waals surface area contributed by atoms with Crippen LogP contribution < -0.4 is 10.6 Å². The summed E-state index contributed by atoms with van der Waals surface area (Å²) in [6.07, 6.45) is 2.57. The Morgan fingerprint density at radius 1 is 1.24 bits per heavy atom. The average molecular weight is 292 g/mol. The van der Waals surface area contributed by atoms with E-state index in [0.29, 0.717) is 17.4 Å². The van der Waals surface area contributed by atoms with Crippen LogP contribution in [0.15, 0.2) is 6.33 Å². The van der Waals surface area contributed by atoms with Crippen LogP contribution in [0.25, 0.3) is 11.2 Å². The fraction of sp³-hybridized carbons (Fsp3) is 0.643. The number of aliphatic hydroxyl groups is 1. The molecule has 0 unspecified atom stereocenters. The van der Waals surface area contributed by atoms with Gasteiger partial charge in [0.1, 0.15) is 5.52 Å². The van der Waals surface area contributed by atoms with Gasteiger partial charge in [0.05, 0.1) is 17.5 Å². The SMILES string of the molecule is CCCNc1nc(NC(C)(C)C(C)(C)O)c2[nH]cnc2n1. The van der Waals surface area contributed by atoms with Crippen LogP contribution in [0.3, 0.4) is 0 Å². The van der Waals surface area contributed by atoms with Gasteiger partial charge in [-0.2, -0.15) is 9.97 Å². The van der Waals surface area contributed by atoms with Gasteiger partial charge in [0.25, 0.3) is 0 Å². The summed E-state index contributed by atoms with van der Waals surface area (Å²) in [6.45, 7) is 10.3. The summed E-state index contributed by atoms with van der Waals surface area (Å²) in [5, 5.41) is 16.7. The maximum atomic E-state index is 10.3. The van der Waals surface area contributed by atoms with Gasteiger partial charge in [-0.15, -0.1) is 0 Å². The summed E-state index contributed by atoms with van der Waals surface area (Å²) in [5.74, 6) is 1.16. The molecule has 0 saturated heterocycles. The number of rotatable bonds is 6. The minimum absolute atomic E-state index is 0.533. The summed E-state index contributed by atoms with van der Waals surface area (Å²) >= 11 is 0. The smallest absolute Gasteiger partial charge is 0.226 e. The van der Waals surface area contributed by atoms with Gasteiger partial charge in [-0.1, -0.05) is 6.92 Å². The zero-order valence-electron chi connectivity index (χ0n) is 13.3. The van der Waals surface area contributed by atoms with Crippen LogP contribution in [0.5, 0.6) is 0 Å². The van der Waals surface area contributed by atoms with Crippen molar-refractivity contribution in [3.8, 4) is 0 Å². The Hall–Kier alpha value is -1.89. The Bertz CT molecular complexity index is 613. The topological polar surface area (TPSA) is 98.8 Å². The van der Waals surface area contributed by atoms with Crippen LogP contribution >= 0.6 is 0 Å². The number of aromatic amines is 1. The van der Waals surface area contributed by atoms with Gasteiger partial charge in [0, 0.05) is 6.54 Å². The lowest BCUT2D eigenvalue weighted by Gasteiger charge is -2.38. The van der Waals surface area contributed by atoms with Crippen LogP contribution in [-0.2, 0) is 0 Å². The third-order valence-corrected chi connectivity index (χ3v) is 3.78. The summed E-state index contributed by atoms with van der Waals surface area (Å²) < 4.78 is 0. The van der Waals surface area contributed by atoms with Crippen molar-refractivity contribution in [2.75, 3.05) is 17.2 Å². The second-order valence-corrected chi connectivity index (χ2v) is 6.23. The van der Waals surface area contributed by atoms with Crippen LogP contribution in [0.1, 0.15) is 41.0 Å². The van der Waals surface area contributed by atoms with Crippen molar-refractivity contribution in [1.82, 2.24) is 19.9 Å². The van der Waals surface area contributed by atoms with Crippen molar-refractivity contribution in [1.29, 1.82) is 0 Å². The van der Waals surface area contributed by atoms with E-state index in [4.69, 9.17) is 0 Å². The van der Waals surface area contributed by atoms with Gasteiger partial charge in [0.15, 0.2) is 11.5 Å². The Kier molecular flexibility index (Phi) is 4.04. The number of hydrogen-bond donors (Lipinski definition) is 4. The first kappa shape index (κ1) is 15.5. The van der Waals surface area contributed by atoms with Crippen molar-refractivity contribution in [2.45, 2.75) is 52.2 Å². The second-order valence-electron chi connectivity index (χ2n) is 6.23. The molecule has 0 spiro atoms. The maximum Gasteiger partial charge on any atom is 0.226 e. The molecule has 0 radical (unpaired) electrons. The molecule has 7 nitrogen and oxygen atoms in total. The van der Waals surface area contributed by atoms with Gasteiger partial charge >= 0.3 is 0 Å². The molecule has 0 saturated carbocycles. The molecule has 0 aromatic carbocycles. The first-order valence-corrected chi connectivity index (χ1v) is 7.20. The molecule has 0 aliphatic heterocycles. The molecule has 2 aromatic rings. The van der Waals surface area contributed by atoms with Crippen LogP contribution in [-0.4, -0.2) is 42.7 Å².